The Morgan fingerprint density at radius 2 is 1.96 bits per heavy atom. The minimum atomic E-state index is -0.443. The van der Waals surface area contributed by atoms with E-state index in [9.17, 15) is 5.11 Å². The van der Waals surface area contributed by atoms with Crippen LogP contribution in [-0.4, -0.2) is 62.2 Å². The lowest BCUT2D eigenvalue weighted by Crippen LogP contribution is -2.26. The Kier molecular flexibility index (Phi) is 5.25. The molecule has 23 heavy (non-hydrogen) atoms. The summed E-state index contributed by atoms with van der Waals surface area (Å²) in [6, 6.07) is 3.88. The molecule has 2 aliphatic rings. The number of aliphatic hydroxyl groups is 1. The fourth-order valence-corrected chi connectivity index (χ4v) is 3.13. The van der Waals surface area contributed by atoms with E-state index in [1.807, 2.05) is 19.1 Å². The van der Waals surface area contributed by atoms with Crippen molar-refractivity contribution in [1.29, 1.82) is 0 Å². The second-order valence-corrected chi connectivity index (χ2v) is 5.92. The molecule has 0 amide bonds. The van der Waals surface area contributed by atoms with Gasteiger partial charge in [-0.25, -0.2) is 0 Å². The van der Waals surface area contributed by atoms with Crippen molar-refractivity contribution in [2.24, 2.45) is 0 Å². The number of likely N-dealkylation sites (tertiary alicyclic amines) is 1. The van der Waals surface area contributed by atoms with Crippen LogP contribution >= 0.6 is 0 Å². The van der Waals surface area contributed by atoms with Gasteiger partial charge in [0.2, 0.25) is 0 Å². The largest absolute Gasteiger partial charge is 0.496 e. The average Bonchev–Trinajstić information content (AvgIpc) is 2.74. The van der Waals surface area contributed by atoms with Crippen LogP contribution in [0.3, 0.4) is 0 Å². The maximum absolute atomic E-state index is 10.1. The van der Waals surface area contributed by atoms with Crippen molar-refractivity contribution < 1.29 is 24.1 Å². The quantitative estimate of drug-likeness (QED) is 0.885. The van der Waals surface area contributed by atoms with Gasteiger partial charge in [-0.3, -0.25) is 4.90 Å². The lowest BCUT2D eigenvalue weighted by Gasteiger charge is -2.19. The molecule has 0 aliphatic carbocycles. The maximum atomic E-state index is 10.1. The van der Waals surface area contributed by atoms with Crippen LogP contribution in [0.4, 0.5) is 0 Å². The third-order valence-corrected chi connectivity index (χ3v) is 4.24. The van der Waals surface area contributed by atoms with Crippen LogP contribution in [-0.2, 0) is 11.3 Å². The maximum Gasteiger partial charge on any atom is 0.164 e. The Labute approximate surface area is 136 Å². The number of hydrogen-bond acceptors (Lipinski definition) is 6. The fraction of sp³-hybridized carbons (Fsp3) is 0.647. The van der Waals surface area contributed by atoms with E-state index in [0.29, 0.717) is 39.5 Å². The molecule has 1 N–H and O–H groups in total. The van der Waals surface area contributed by atoms with Crippen LogP contribution in [0.5, 0.6) is 17.2 Å². The summed E-state index contributed by atoms with van der Waals surface area (Å²) in [5.41, 5.74) is 1.03. The van der Waals surface area contributed by atoms with Crippen LogP contribution in [0.25, 0.3) is 0 Å². The van der Waals surface area contributed by atoms with Gasteiger partial charge in [0.1, 0.15) is 5.75 Å². The highest BCUT2D eigenvalue weighted by Crippen LogP contribution is 2.37. The molecule has 0 bridgehead atoms. The van der Waals surface area contributed by atoms with E-state index in [1.165, 1.54) is 0 Å². The minimum Gasteiger partial charge on any atom is -0.496 e. The predicted octanol–water partition coefficient (Wildman–Crippen LogP) is 1.44. The highest BCUT2D eigenvalue weighted by atomic mass is 16.5. The van der Waals surface area contributed by atoms with E-state index in [4.69, 9.17) is 18.9 Å². The molecule has 3 rings (SSSR count). The number of aliphatic hydroxyl groups excluding tert-OH is 1. The van der Waals surface area contributed by atoms with E-state index in [1.54, 1.807) is 7.11 Å². The summed E-state index contributed by atoms with van der Waals surface area (Å²) in [6.07, 6.45) is 0.313. The van der Waals surface area contributed by atoms with Crippen LogP contribution < -0.4 is 14.2 Å². The van der Waals surface area contributed by atoms with Crippen molar-refractivity contribution in [2.45, 2.75) is 32.1 Å². The van der Waals surface area contributed by atoms with E-state index < -0.39 is 6.10 Å². The number of ether oxygens (including phenoxy) is 4. The molecule has 2 atom stereocenters. The van der Waals surface area contributed by atoms with Gasteiger partial charge in [0.15, 0.2) is 11.5 Å². The molecule has 1 aromatic rings. The lowest BCUT2D eigenvalue weighted by molar-refractivity contribution is -0.00245. The molecule has 2 aliphatic heterocycles. The van der Waals surface area contributed by atoms with E-state index in [0.717, 1.165) is 29.2 Å². The zero-order valence-electron chi connectivity index (χ0n) is 13.8. The summed E-state index contributed by atoms with van der Waals surface area (Å²) in [5, 5.41) is 10.1. The molecule has 0 spiro atoms. The SMILES string of the molecule is CCO[C@@H]1CN(Cc2cc3c(cc2OC)OCCCO3)C[C@H]1O. The molecule has 0 unspecified atom stereocenters. The van der Waals surface area contributed by atoms with Crippen molar-refractivity contribution in [3.05, 3.63) is 17.7 Å². The van der Waals surface area contributed by atoms with Crippen LogP contribution in [0.1, 0.15) is 18.9 Å². The molecular formula is C17H25NO5. The Balaban J connectivity index is 1.76. The van der Waals surface area contributed by atoms with Gasteiger partial charge in [-0.05, 0) is 13.0 Å². The van der Waals surface area contributed by atoms with Gasteiger partial charge in [0.25, 0.3) is 0 Å². The van der Waals surface area contributed by atoms with Crippen LogP contribution in [0.2, 0.25) is 0 Å². The summed E-state index contributed by atoms with van der Waals surface area (Å²) < 4.78 is 22.6. The second kappa shape index (κ2) is 7.38. The topological polar surface area (TPSA) is 60.4 Å². The minimum absolute atomic E-state index is 0.119. The van der Waals surface area contributed by atoms with E-state index in [2.05, 4.69) is 4.90 Å². The summed E-state index contributed by atoms with van der Waals surface area (Å²) in [5.74, 6) is 2.28. The molecule has 2 heterocycles. The predicted molar refractivity (Wildman–Crippen MR) is 85.3 cm³/mol. The number of nitrogens with zero attached hydrogens (tertiary/aromatic N) is 1. The first-order valence-corrected chi connectivity index (χ1v) is 8.19. The average molecular weight is 323 g/mol. The Morgan fingerprint density at radius 1 is 1.22 bits per heavy atom. The Morgan fingerprint density at radius 3 is 2.65 bits per heavy atom. The molecule has 6 heteroatoms. The van der Waals surface area contributed by atoms with Crippen molar-refractivity contribution in [2.75, 3.05) is 40.0 Å². The normalized spacial score (nSPS) is 24.5. The Bertz CT molecular complexity index is 536. The molecule has 0 aromatic heterocycles. The molecule has 1 saturated heterocycles. The first kappa shape index (κ1) is 16.4. The number of β-amino-alcohol motifs (C(OH)–C–C–N with tert-alkyl or cyclic N) is 1. The van der Waals surface area contributed by atoms with Gasteiger partial charge >= 0.3 is 0 Å². The summed E-state index contributed by atoms with van der Waals surface area (Å²) in [7, 11) is 1.66. The van der Waals surface area contributed by atoms with Gasteiger partial charge in [0.05, 0.1) is 32.5 Å². The molecular weight excluding hydrogens is 298 g/mol. The Hall–Kier alpha value is -1.50. The summed E-state index contributed by atoms with van der Waals surface area (Å²) >= 11 is 0. The summed E-state index contributed by atoms with van der Waals surface area (Å²) in [4.78, 5) is 2.17. The molecule has 6 nitrogen and oxygen atoms in total. The first-order valence-electron chi connectivity index (χ1n) is 8.19. The monoisotopic (exact) mass is 323 g/mol. The fourth-order valence-electron chi connectivity index (χ4n) is 3.13. The summed E-state index contributed by atoms with van der Waals surface area (Å²) in [6.45, 7) is 5.87. The van der Waals surface area contributed by atoms with Crippen molar-refractivity contribution in [3.8, 4) is 17.2 Å². The van der Waals surface area contributed by atoms with E-state index in [-0.39, 0.29) is 6.10 Å². The number of methoxy groups -OCH3 is 1. The van der Waals surface area contributed by atoms with Crippen molar-refractivity contribution >= 4 is 0 Å². The number of fused-ring (bicyclic) bond motifs is 1. The molecule has 0 radical (unpaired) electrons. The number of hydrogen-bond donors (Lipinski definition) is 1. The molecule has 0 saturated carbocycles. The van der Waals surface area contributed by atoms with Gasteiger partial charge in [-0.15, -0.1) is 0 Å². The highest BCUT2D eigenvalue weighted by Gasteiger charge is 2.32. The number of rotatable bonds is 5. The van der Waals surface area contributed by atoms with Crippen LogP contribution in [0, 0.1) is 0 Å². The number of benzene rings is 1. The van der Waals surface area contributed by atoms with Crippen LogP contribution in [0.15, 0.2) is 12.1 Å². The standard InChI is InChI=1S/C17H25NO5/c1-3-21-17-11-18(10-13(17)19)9-12-7-15-16(8-14(12)20-2)23-6-4-5-22-15/h7-8,13,17,19H,3-6,9-11H2,1-2H3/t13-,17-/m1/s1. The van der Waals surface area contributed by atoms with Gasteiger partial charge in [0, 0.05) is 44.3 Å². The first-order chi connectivity index (χ1) is 11.2. The lowest BCUT2D eigenvalue weighted by atomic mass is 10.1. The third kappa shape index (κ3) is 3.71. The molecule has 1 fully saturated rings. The van der Waals surface area contributed by atoms with Crippen molar-refractivity contribution in [1.82, 2.24) is 4.90 Å². The third-order valence-electron chi connectivity index (χ3n) is 4.24. The molecule has 1 aromatic carbocycles. The zero-order chi connectivity index (χ0) is 16.2. The second-order valence-electron chi connectivity index (χ2n) is 5.92. The smallest absolute Gasteiger partial charge is 0.164 e. The molecule has 128 valence electrons. The highest BCUT2D eigenvalue weighted by molar-refractivity contribution is 5.51. The zero-order valence-corrected chi connectivity index (χ0v) is 13.8. The van der Waals surface area contributed by atoms with Gasteiger partial charge in [-0.2, -0.15) is 0 Å². The van der Waals surface area contributed by atoms with E-state index >= 15 is 0 Å². The van der Waals surface area contributed by atoms with Gasteiger partial charge < -0.3 is 24.1 Å². The van der Waals surface area contributed by atoms with Crippen molar-refractivity contribution in [3.63, 3.8) is 0 Å². The van der Waals surface area contributed by atoms with Gasteiger partial charge in [-0.1, -0.05) is 0 Å².